The van der Waals surface area contributed by atoms with Crippen LogP contribution >= 0.6 is 0 Å². The van der Waals surface area contributed by atoms with E-state index in [0.717, 1.165) is 24.8 Å². The smallest absolute Gasteiger partial charge is 0.306 e. The third-order valence-corrected chi connectivity index (χ3v) is 7.42. The number of benzene rings is 1. The monoisotopic (exact) mass is 552 g/mol. The van der Waals surface area contributed by atoms with Gasteiger partial charge in [-0.15, -0.1) is 0 Å². The van der Waals surface area contributed by atoms with E-state index in [1.807, 2.05) is 44.2 Å². The molecule has 0 aromatic heterocycles. The van der Waals surface area contributed by atoms with Gasteiger partial charge in [0.2, 0.25) is 5.78 Å². The van der Waals surface area contributed by atoms with Crippen LogP contribution in [-0.4, -0.2) is 42.5 Å². The van der Waals surface area contributed by atoms with E-state index < -0.39 is 30.5 Å². The van der Waals surface area contributed by atoms with Gasteiger partial charge in [-0.05, 0) is 51.0 Å². The van der Waals surface area contributed by atoms with Crippen molar-refractivity contribution in [2.24, 2.45) is 11.8 Å². The Bertz CT molecular complexity index is 875. The second-order valence-electron chi connectivity index (χ2n) is 10.5. The van der Waals surface area contributed by atoms with E-state index in [1.54, 1.807) is 6.92 Å². The fraction of sp³-hybridized carbons (Fsp3) is 0.710. The Kier molecular flexibility index (Phi) is 14.8. The normalized spacial score (nSPS) is 20.2. The number of esters is 1. The number of hydrogen-bond donors (Lipinski definition) is 0. The van der Waals surface area contributed by atoms with Crippen LogP contribution in [0.1, 0.15) is 103 Å². The molecule has 1 aliphatic carbocycles. The Hall–Kier alpha value is -2.19. The molecule has 220 valence electrons. The van der Waals surface area contributed by atoms with Gasteiger partial charge in [-0.25, -0.2) is 0 Å². The Labute approximate surface area is 232 Å². The van der Waals surface area contributed by atoms with E-state index in [0.29, 0.717) is 38.7 Å². The Morgan fingerprint density at radius 2 is 1.72 bits per heavy atom. The summed E-state index contributed by atoms with van der Waals surface area (Å²) < 4.78 is 45.3. The van der Waals surface area contributed by atoms with E-state index in [2.05, 4.69) is 0 Å². The highest BCUT2D eigenvalue weighted by Gasteiger charge is 2.45. The Balaban J connectivity index is 1.82. The number of rotatable bonds is 20. The highest BCUT2D eigenvalue weighted by atomic mass is 19.3. The van der Waals surface area contributed by atoms with Gasteiger partial charge >= 0.3 is 11.9 Å². The standard InChI is InChI=1S/C31H46F2O6/c1-4-6-20-31(32,33)29(35)19-18-26-25(27(34)21-28(26)39-23(3)37-5-2)16-12-7-8-13-17-30(36)38-22-24-14-10-9-11-15-24/h9-11,14-15,23,25-26,28H,4-8,12-13,16-22H2,1-3H3/t23?,25-,26-,28-/m1/s1. The van der Waals surface area contributed by atoms with Crippen LogP contribution in [0.15, 0.2) is 30.3 Å². The maximum absolute atomic E-state index is 14.3. The van der Waals surface area contributed by atoms with Gasteiger partial charge in [-0.3, -0.25) is 14.4 Å². The van der Waals surface area contributed by atoms with Crippen LogP contribution in [-0.2, 0) is 35.2 Å². The topological polar surface area (TPSA) is 78.9 Å². The van der Waals surface area contributed by atoms with Gasteiger partial charge in [-0.1, -0.05) is 62.9 Å². The van der Waals surface area contributed by atoms with Crippen molar-refractivity contribution in [3.63, 3.8) is 0 Å². The molecule has 1 aliphatic rings. The molecule has 0 N–H and O–H groups in total. The summed E-state index contributed by atoms with van der Waals surface area (Å²) in [6.07, 6.45) is 3.76. The van der Waals surface area contributed by atoms with Crippen LogP contribution in [0.4, 0.5) is 8.78 Å². The van der Waals surface area contributed by atoms with E-state index >= 15 is 0 Å². The minimum atomic E-state index is -3.33. The first-order valence-corrected chi connectivity index (χ1v) is 14.6. The molecular weight excluding hydrogens is 506 g/mol. The summed E-state index contributed by atoms with van der Waals surface area (Å²) in [5.41, 5.74) is 0.950. The molecule has 8 heteroatoms. The van der Waals surface area contributed by atoms with Crippen LogP contribution in [0, 0.1) is 11.8 Å². The van der Waals surface area contributed by atoms with Gasteiger partial charge in [0, 0.05) is 38.2 Å². The summed E-state index contributed by atoms with van der Waals surface area (Å²) in [5, 5.41) is 0. The summed E-state index contributed by atoms with van der Waals surface area (Å²) in [6.45, 7) is 6.14. The molecule has 1 fully saturated rings. The van der Waals surface area contributed by atoms with Crippen molar-refractivity contribution in [3.05, 3.63) is 35.9 Å². The summed E-state index contributed by atoms with van der Waals surface area (Å²) in [6, 6.07) is 9.53. The lowest BCUT2D eigenvalue weighted by Crippen LogP contribution is -2.32. The molecule has 0 radical (unpaired) electrons. The SMILES string of the molecule is CCCCC(F)(F)C(=O)CC[C@H]1[C@H](OC(C)OCC)CC(=O)[C@@H]1CCCCCCC(=O)OCc1ccccc1. The number of ether oxygens (including phenoxy) is 3. The quantitative estimate of drug-likeness (QED) is 0.0966. The minimum absolute atomic E-state index is 0.0587. The second-order valence-corrected chi connectivity index (χ2v) is 10.5. The summed E-state index contributed by atoms with van der Waals surface area (Å²) >= 11 is 0. The largest absolute Gasteiger partial charge is 0.461 e. The predicted molar refractivity (Wildman–Crippen MR) is 145 cm³/mol. The molecule has 1 aromatic rings. The minimum Gasteiger partial charge on any atom is -0.461 e. The average Bonchev–Trinajstić information content (AvgIpc) is 3.20. The van der Waals surface area contributed by atoms with Gasteiger partial charge in [0.15, 0.2) is 6.29 Å². The fourth-order valence-electron chi connectivity index (χ4n) is 5.25. The van der Waals surface area contributed by atoms with Crippen LogP contribution in [0.2, 0.25) is 0 Å². The molecular formula is C31H46F2O6. The first-order valence-electron chi connectivity index (χ1n) is 14.6. The number of carbonyl (C=O) groups is 3. The zero-order valence-electron chi connectivity index (χ0n) is 23.8. The van der Waals surface area contributed by atoms with E-state index in [4.69, 9.17) is 14.2 Å². The summed E-state index contributed by atoms with van der Waals surface area (Å²) in [5.74, 6) is -5.16. The number of carbonyl (C=O) groups excluding carboxylic acids is 3. The second kappa shape index (κ2) is 17.5. The van der Waals surface area contributed by atoms with Gasteiger partial charge < -0.3 is 14.2 Å². The van der Waals surface area contributed by atoms with Crippen molar-refractivity contribution in [3.8, 4) is 0 Å². The molecule has 0 bridgehead atoms. The van der Waals surface area contributed by atoms with Gasteiger partial charge in [0.05, 0.1) is 6.10 Å². The molecule has 0 aliphatic heterocycles. The van der Waals surface area contributed by atoms with E-state index in [9.17, 15) is 23.2 Å². The lowest BCUT2D eigenvalue weighted by molar-refractivity contribution is -0.168. The first-order chi connectivity index (χ1) is 18.7. The highest BCUT2D eigenvalue weighted by molar-refractivity contribution is 5.86. The number of unbranched alkanes of at least 4 members (excludes halogenated alkanes) is 4. The van der Waals surface area contributed by atoms with E-state index in [-0.39, 0.29) is 49.5 Å². The molecule has 0 amide bonds. The molecule has 39 heavy (non-hydrogen) atoms. The Morgan fingerprint density at radius 1 is 1.00 bits per heavy atom. The molecule has 6 nitrogen and oxygen atoms in total. The maximum Gasteiger partial charge on any atom is 0.306 e. The summed E-state index contributed by atoms with van der Waals surface area (Å²) in [4.78, 5) is 37.2. The number of hydrogen-bond acceptors (Lipinski definition) is 6. The lowest BCUT2D eigenvalue weighted by atomic mass is 9.84. The van der Waals surface area contributed by atoms with Crippen LogP contribution in [0.5, 0.6) is 0 Å². The van der Waals surface area contributed by atoms with Crippen molar-refractivity contribution in [1.29, 1.82) is 0 Å². The molecule has 4 atom stereocenters. The van der Waals surface area contributed by atoms with Gasteiger partial charge in [0.25, 0.3) is 0 Å². The highest BCUT2D eigenvalue weighted by Crippen LogP contribution is 2.39. The van der Waals surface area contributed by atoms with Crippen LogP contribution in [0.3, 0.4) is 0 Å². The van der Waals surface area contributed by atoms with Gasteiger partial charge in [0.1, 0.15) is 12.4 Å². The fourth-order valence-corrected chi connectivity index (χ4v) is 5.25. The molecule has 1 aromatic carbocycles. The zero-order chi connectivity index (χ0) is 28.7. The first kappa shape index (κ1) is 33.0. The van der Waals surface area contributed by atoms with Crippen LogP contribution < -0.4 is 0 Å². The van der Waals surface area contributed by atoms with Crippen molar-refractivity contribution in [1.82, 2.24) is 0 Å². The van der Waals surface area contributed by atoms with Crippen molar-refractivity contribution < 1.29 is 37.4 Å². The lowest BCUT2D eigenvalue weighted by Gasteiger charge is -2.27. The zero-order valence-corrected chi connectivity index (χ0v) is 23.8. The van der Waals surface area contributed by atoms with Crippen molar-refractivity contribution >= 4 is 17.5 Å². The Morgan fingerprint density at radius 3 is 2.41 bits per heavy atom. The molecule has 2 rings (SSSR count). The van der Waals surface area contributed by atoms with Crippen molar-refractivity contribution in [2.45, 2.75) is 123 Å². The van der Waals surface area contributed by atoms with Gasteiger partial charge in [-0.2, -0.15) is 8.78 Å². The number of halogens is 2. The number of alkyl halides is 2. The number of ketones is 2. The van der Waals surface area contributed by atoms with Crippen molar-refractivity contribution in [2.75, 3.05) is 6.61 Å². The van der Waals surface area contributed by atoms with E-state index in [1.165, 1.54) is 0 Å². The van der Waals surface area contributed by atoms with Crippen LogP contribution in [0.25, 0.3) is 0 Å². The predicted octanol–water partition coefficient (Wildman–Crippen LogP) is 7.22. The third-order valence-electron chi connectivity index (χ3n) is 7.42. The average molecular weight is 553 g/mol. The molecule has 0 heterocycles. The molecule has 1 unspecified atom stereocenters. The number of Topliss-reactive ketones (excluding diaryl/α,β-unsaturated/α-hetero) is 2. The third kappa shape index (κ3) is 11.8. The molecule has 0 spiro atoms. The maximum atomic E-state index is 14.3. The summed E-state index contributed by atoms with van der Waals surface area (Å²) in [7, 11) is 0. The molecule has 1 saturated carbocycles. The molecule has 0 saturated heterocycles.